The Morgan fingerprint density at radius 3 is 2.79 bits per heavy atom. The molecule has 3 rings (SSSR count). The molecule has 3 aromatic rings. The van der Waals surface area contributed by atoms with Crippen molar-refractivity contribution in [3.8, 4) is 23.0 Å². The Morgan fingerprint density at radius 1 is 1.29 bits per heavy atom. The van der Waals surface area contributed by atoms with Crippen LogP contribution in [0.15, 0.2) is 45.5 Å². The van der Waals surface area contributed by atoms with Gasteiger partial charge in [-0.25, -0.2) is 9.37 Å². The van der Waals surface area contributed by atoms with Gasteiger partial charge in [0.25, 0.3) is 5.88 Å². The molecule has 0 amide bonds. The average Bonchev–Trinajstić information content (AvgIpc) is 3.05. The first-order valence-electron chi connectivity index (χ1n) is 7.01. The molecule has 0 radical (unpaired) electrons. The summed E-state index contributed by atoms with van der Waals surface area (Å²) >= 11 is 3.13. The van der Waals surface area contributed by atoms with Gasteiger partial charge in [0.05, 0.1) is 0 Å². The van der Waals surface area contributed by atoms with Gasteiger partial charge in [-0.1, -0.05) is 5.16 Å². The number of benzene rings is 1. The monoisotopic (exact) mass is 391 g/mol. The van der Waals surface area contributed by atoms with Crippen LogP contribution in [0.5, 0.6) is 11.6 Å². The number of carbonyl (C=O) groups excluding carboxylic acids is 1. The molecule has 1 aromatic carbocycles. The number of aromatic nitrogens is 3. The zero-order chi connectivity index (χ0) is 16.9. The number of halogens is 2. The number of ether oxygens (including phenoxy) is 1. The number of carbonyl (C=O) groups is 1. The van der Waals surface area contributed by atoms with Crippen molar-refractivity contribution >= 4 is 22.2 Å². The molecule has 0 N–H and O–H groups in total. The van der Waals surface area contributed by atoms with Crippen LogP contribution in [-0.2, 0) is 11.2 Å². The summed E-state index contributed by atoms with van der Waals surface area (Å²) in [7, 11) is 0. The molecule has 0 saturated carbocycles. The summed E-state index contributed by atoms with van der Waals surface area (Å²) in [5.74, 6) is 0.569. The van der Waals surface area contributed by atoms with Crippen LogP contribution in [0.2, 0.25) is 0 Å². The first kappa shape index (κ1) is 16.3. The van der Waals surface area contributed by atoms with Crippen molar-refractivity contribution in [1.82, 2.24) is 15.1 Å². The van der Waals surface area contributed by atoms with E-state index in [0.29, 0.717) is 40.3 Å². The zero-order valence-corrected chi connectivity index (χ0v) is 13.9. The second-order valence-corrected chi connectivity index (χ2v) is 5.70. The molecule has 0 atom stereocenters. The van der Waals surface area contributed by atoms with Crippen molar-refractivity contribution in [1.29, 1.82) is 0 Å². The lowest BCUT2D eigenvalue weighted by Gasteiger charge is -2.06. The quantitative estimate of drug-likeness (QED) is 0.591. The van der Waals surface area contributed by atoms with Gasteiger partial charge in [0.15, 0.2) is 5.82 Å². The molecule has 122 valence electrons. The van der Waals surface area contributed by atoms with Gasteiger partial charge < -0.3 is 14.1 Å². The number of aldehydes is 1. The first-order chi connectivity index (χ1) is 11.7. The average molecular weight is 392 g/mol. The Hall–Kier alpha value is -2.61. The van der Waals surface area contributed by atoms with Gasteiger partial charge in [-0.15, -0.1) is 0 Å². The van der Waals surface area contributed by atoms with Gasteiger partial charge in [0.2, 0.25) is 11.7 Å². The molecular formula is C16H11BrFN3O3. The highest BCUT2D eigenvalue weighted by Gasteiger charge is 2.10. The van der Waals surface area contributed by atoms with Crippen LogP contribution < -0.4 is 4.74 Å². The smallest absolute Gasteiger partial charge is 0.255 e. The van der Waals surface area contributed by atoms with E-state index in [1.807, 2.05) is 0 Å². The lowest BCUT2D eigenvalue weighted by atomic mass is 10.2. The number of nitrogens with zero attached hydrogens (tertiary/aromatic N) is 3. The van der Waals surface area contributed by atoms with Crippen LogP contribution in [0.25, 0.3) is 11.4 Å². The summed E-state index contributed by atoms with van der Waals surface area (Å²) < 4.78 is 24.7. The maximum atomic E-state index is 13.7. The van der Waals surface area contributed by atoms with Crippen LogP contribution in [0, 0.1) is 5.82 Å². The highest BCUT2D eigenvalue weighted by molar-refractivity contribution is 9.10. The molecule has 0 unspecified atom stereocenters. The maximum Gasteiger partial charge on any atom is 0.255 e. The fourth-order valence-electron chi connectivity index (χ4n) is 1.92. The van der Waals surface area contributed by atoms with Crippen LogP contribution in [-0.4, -0.2) is 21.4 Å². The Labute approximate surface area is 144 Å². The van der Waals surface area contributed by atoms with Gasteiger partial charge in [-0.3, -0.25) is 0 Å². The molecular weight excluding hydrogens is 381 g/mol. The molecule has 6 nitrogen and oxygen atoms in total. The molecule has 0 aliphatic heterocycles. The van der Waals surface area contributed by atoms with Crippen LogP contribution in [0.1, 0.15) is 12.3 Å². The largest absolute Gasteiger partial charge is 0.436 e. The molecule has 0 bridgehead atoms. The fraction of sp³-hybridized carbons (Fsp3) is 0.125. The highest BCUT2D eigenvalue weighted by Crippen LogP contribution is 2.26. The van der Waals surface area contributed by atoms with Gasteiger partial charge in [0.1, 0.15) is 12.0 Å². The third-order valence-corrected chi connectivity index (χ3v) is 3.48. The number of rotatable bonds is 6. The molecule has 0 saturated heterocycles. The highest BCUT2D eigenvalue weighted by atomic mass is 79.9. The van der Waals surface area contributed by atoms with Crippen molar-refractivity contribution in [2.24, 2.45) is 0 Å². The van der Waals surface area contributed by atoms with Gasteiger partial charge in [-0.05, 0) is 46.3 Å². The second kappa shape index (κ2) is 7.31. The van der Waals surface area contributed by atoms with E-state index in [4.69, 9.17) is 9.26 Å². The maximum absolute atomic E-state index is 13.7. The van der Waals surface area contributed by atoms with Crippen molar-refractivity contribution < 1.29 is 18.4 Å². The summed E-state index contributed by atoms with van der Waals surface area (Å²) in [5.41, 5.74) is 0.715. The van der Waals surface area contributed by atoms with E-state index in [2.05, 4.69) is 31.1 Å². The van der Waals surface area contributed by atoms with Crippen molar-refractivity contribution in [2.45, 2.75) is 12.8 Å². The predicted octanol–water partition coefficient (Wildman–Crippen LogP) is 3.96. The molecule has 0 fully saturated rings. The standard InChI is InChI=1S/C16H11BrFN3O3/c17-11-8-13(18)16(19-9-11)23-12-5-3-10(4-6-12)15-20-14(24-21-15)2-1-7-22/h3-9H,1-2H2. The summed E-state index contributed by atoms with van der Waals surface area (Å²) in [6, 6.07) is 8.03. The zero-order valence-electron chi connectivity index (χ0n) is 12.3. The lowest BCUT2D eigenvalue weighted by molar-refractivity contribution is -0.107. The Kier molecular flexibility index (Phi) is 4.95. The summed E-state index contributed by atoms with van der Waals surface area (Å²) in [4.78, 5) is 18.4. The van der Waals surface area contributed by atoms with E-state index >= 15 is 0 Å². The molecule has 2 heterocycles. The number of hydrogen-bond acceptors (Lipinski definition) is 6. The fourth-order valence-corrected chi connectivity index (χ4v) is 2.22. The molecule has 0 spiro atoms. The molecule has 0 aliphatic rings. The SMILES string of the molecule is O=CCCc1nc(-c2ccc(Oc3ncc(Br)cc3F)cc2)no1. The van der Waals surface area contributed by atoms with Crippen molar-refractivity contribution in [3.63, 3.8) is 0 Å². The van der Waals surface area contributed by atoms with E-state index in [-0.39, 0.29) is 5.88 Å². The van der Waals surface area contributed by atoms with Crippen LogP contribution >= 0.6 is 15.9 Å². The van der Waals surface area contributed by atoms with Gasteiger partial charge in [-0.2, -0.15) is 4.98 Å². The molecule has 8 heteroatoms. The summed E-state index contributed by atoms with van der Waals surface area (Å²) in [6.45, 7) is 0. The number of aryl methyl sites for hydroxylation is 1. The minimum atomic E-state index is -0.563. The topological polar surface area (TPSA) is 78.1 Å². The predicted molar refractivity (Wildman–Crippen MR) is 86.1 cm³/mol. The van der Waals surface area contributed by atoms with E-state index in [1.165, 1.54) is 12.3 Å². The van der Waals surface area contributed by atoms with Crippen LogP contribution in [0.4, 0.5) is 4.39 Å². The Bertz CT molecular complexity index is 852. The number of hydrogen-bond donors (Lipinski definition) is 0. The second-order valence-electron chi connectivity index (χ2n) is 4.78. The van der Waals surface area contributed by atoms with E-state index in [9.17, 15) is 9.18 Å². The minimum Gasteiger partial charge on any atom is -0.436 e. The minimum absolute atomic E-state index is 0.110. The molecule has 0 aliphatic carbocycles. The van der Waals surface area contributed by atoms with Crippen molar-refractivity contribution in [2.75, 3.05) is 0 Å². The van der Waals surface area contributed by atoms with Crippen LogP contribution in [0.3, 0.4) is 0 Å². The van der Waals surface area contributed by atoms with Gasteiger partial charge in [0, 0.05) is 29.1 Å². The molecule has 2 aromatic heterocycles. The Balaban J connectivity index is 1.73. The third kappa shape index (κ3) is 3.83. The normalized spacial score (nSPS) is 10.6. The summed E-state index contributed by atoms with van der Waals surface area (Å²) in [5, 5.41) is 3.86. The van der Waals surface area contributed by atoms with E-state index < -0.39 is 5.82 Å². The van der Waals surface area contributed by atoms with E-state index in [0.717, 1.165) is 6.29 Å². The summed E-state index contributed by atoms with van der Waals surface area (Å²) in [6.07, 6.45) is 2.99. The third-order valence-electron chi connectivity index (χ3n) is 3.05. The lowest BCUT2D eigenvalue weighted by Crippen LogP contribution is -1.92. The van der Waals surface area contributed by atoms with E-state index in [1.54, 1.807) is 24.3 Å². The van der Waals surface area contributed by atoms with Crippen molar-refractivity contribution in [3.05, 3.63) is 52.7 Å². The first-order valence-corrected chi connectivity index (χ1v) is 7.80. The Morgan fingerprint density at radius 2 is 2.08 bits per heavy atom. The molecule has 24 heavy (non-hydrogen) atoms. The van der Waals surface area contributed by atoms with Gasteiger partial charge >= 0.3 is 0 Å². The number of pyridine rings is 1.